The van der Waals surface area contributed by atoms with E-state index in [2.05, 4.69) is 25.6 Å². The van der Waals surface area contributed by atoms with Crippen LogP contribution in [0.5, 0.6) is 5.88 Å². The van der Waals surface area contributed by atoms with Crippen molar-refractivity contribution in [1.29, 1.82) is 0 Å². The highest BCUT2D eigenvalue weighted by Gasteiger charge is 2.62. The lowest BCUT2D eigenvalue weighted by atomic mass is 10.0. The van der Waals surface area contributed by atoms with Gasteiger partial charge in [-0.15, -0.1) is 11.3 Å². The van der Waals surface area contributed by atoms with E-state index in [4.69, 9.17) is 13.9 Å². The molecule has 2 aliphatic heterocycles. The number of allylic oxidation sites excluding steroid dienone is 1. The number of carbonyl (C=O) groups excluding carboxylic acids is 4. The second-order valence-electron chi connectivity index (χ2n) is 12.9. The van der Waals surface area contributed by atoms with Crippen LogP contribution in [-0.4, -0.2) is 80.9 Å². The molecule has 0 aromatic carbocycles. The summed E-state index contributed by atoms with van der Waals surface area (Å²) in [5, 5.41) is 7.83. The van der Waals surface area contributed by atoms with E-state index >= 15 is 0 Å². The fourth-order valence-electron chi connectivity index (χ4n) is 6.66. The molecule has 14 heteroatoms. The van der Waals surface area contributed by atoms with Gasteiger partial charge in [0.2, 0.25) is 29.4 Å². The van der Waals surface area contributed by atoms with E-state index in [1.165, 1.54) is 35.8 Å². The summed E-state index contributed by atoms with van der Waals surface area (Å²) in [4.78, 5) is 69.1. The molecule has 0 spiro atoms. The molecule has 2 N–H and O–H groups in total. The van der Waals surface area contributed by atoms with Crippen LogP contribution in [0, 0.1) is 11.8 Å². The molecule has 248 valence electrons. The molecule has 47 heavy (non-hydrogen) atoms. The number of fused-ring (bicyclic) bond motifs is 3. The molecule has 0 unspecified atom stereocenters. The molecule has 3 fully saturated rings. The Hall–Kier alpha value is -4.33. The summed E-state index contributed by atoms with van der Waals surface area (Å²) in [5.74, 6) is -0.503. The smallest absolute Gasteiger partial charge is 0.332 e. The van der Waals surface area contributed by atoms with E-state index < -0.39 is 35.6 Å². The minimum absolute atomic E-state index is 0.0890. The lowest BCUT2D eigenvalue weighted by Gasteiger charge is -2.29. The van der Waals surface area contributed by atoms with Crippen LogP contribution >= 0.6 is 11.3 Å². The van der Waals surface area contributed by atoms with Crippen molar-refractivity contribution in [3.05, 3.63) is 36.1 Å². The molecule has 0 radical (unpaired) electrons. The van der Waals surface area contributed by atoms with Crippen molar-refractivity contribution in [2.75, 3.05) is 13.7 Å². The van der Waals surface area contributed by atoms with Crippen LogP contribution in [0.3, 0.4) is 0 Å². The SMILES string of the molecule is COC(=O)[C@@]12C[C@H]1/C=C\CCCCC[C@H](NC(=O)CC1CC1)C(=O)N1C[C@H](Oc3nc(-c4ncco4)nc4ccsc34)C[C@H]1C(=O)N2. The molecule has 4 aliphatic rings. The van der Waals surface area contributed by atoms with Crippen molar-refractivity contribution in [2.45, 2.75) is 87.9 Å². The summed E-state index contributed by atoms with van der Waals surface area (Å²) < 4.78 is 17.7. The van der Waals surface area contributed by atoms with Gasteiger partial charge in [0.05, 0.1) is 25.4 Å². The molecule has 7 rings (SSSR count). The van der Waals surface area contributed by atoms with Crippen LogP contribution in [0.25, 0.3) is 21.9 Å². The Bertz CT molecular complexity index is 1690. The highest BCUT2D eigenvalue weighted by atomic mass is 32.1. The van der Waals surface area contributed by atoms with E-state index in [0.717, 1.165) is 38.5 Å². The van der Waals surface area contributed by atoms with Gasteiger partial charge in [0.1, 0.15) is 34.7 Å². The van der Waals surface area contributed by atoms with Gasteiger partial charge in [-0.3, -0.25) is 14.4 Å². The molecule has 5 atom stereocenters. The van der Waals surface area contributed by atoms with Gasteiger partial charge in [0.15, 0.2) is 0 Å². The van der Waals surface area contributed by atoms with Gasteiger partial charge in [-0.1, -0.05) is 25.0 Å². The molecule has 3 aromatic rings. The highest BCUT2D eigenvalue weighted by Crippen LogP contribution is 2.46. The number of amides is 3. The number of hydrogen-bond donors (Lipinski definition) is 2. The first-order valence-corrected chi connectivity index (χ1v) is 17.2. The summed E-state index contributed by atoms with van der Waals surface area (Å²) >= 11 is 1.41. The van der Waals surface area contributed by atoms with E-state index in [0.29, 0.717) is 41.3 Å². The number of ether oxygens (including phenoxy) is 2. The predicted octanol–water partition coefficient (Wildman–Crippen LogP) is 3.55. The number of thiophene rings is 1. The van der Waals surface area contributed by atoms with Crippen molar-refractivity contribution in [2.24, 2.45) is 11.8 Å². The molecule has 5 heterocycles. The first kappa shape index (κ1) is 31.3. The van der Waals surface area contributed by atoms with E-state index in [1.807, 2.05) is 23.6 Å². The Balaban J connectivity index is 1.19. The molecule has 13 nitrogen and oxygen atoms in total. The van der Waals surface area contributed by atoms with Crippen molar-refractivity contribution in [3.63, 3.8) is 0 Å². The first-order valence-electron chi connectivity index (χ1n) is 16.3. The van der Waals surface area contributed by atoms with E-state index in [9.17, 15) is 19.2 Å². The molecular formula is C33H38N6O7S. The highest BCUT2D eigenvalue weighted by molar-refractivity contribution is 7.17. The number of nitrogens with zero attached hydrogens (tertiary/aromatic N) is 4. The van der Waals surface area contributed by atoms with Crippen LogP contribution in [0.1, 0.15) is 64.2 Å². The second kappa shape index (κ2) is 13.1. The normalized spacial score (nSPS) is 28.7. The maximum atomic E-state index is 14.3. The fraction of sp³-hybridized carbons (Fsp3) is 0.545. The van der Waals surface area contributed by atoms with Gasteiger partial charge in [-0.05, 0) is 55.9 Å². The Morgan fingerprint density at radius 2 is 2.06 bits per heavy atom. The summed E-state index contributed by atoms with van der Waals surface area (Å²) in [6.45, 7) is 0.0890. The van der Waals surface area contributed by atoms with Crippen LogP contribution in [0.15, 0.2) is 40.5 Å². The molecule has 3 aromatic heterocycles. The molecule has 2 saturated carbocycles. The first-order chi connectivity index (χ1) is 22.8. The maximum absolute atomic E-state index is 14.3. The van der Waals surface area contributed by atoms with Crippen molar-refractivity contribution < 1.29 is 33.1 Å². The average Bonchev–Trinajstić information content (AvgIpc) is 3.72. The number of aromatic nitrogens is 3. The molecule has 3 amide bonds. The Morgan fingerprint density at radius 3 is 2.85 bits per heavy atom. The third-order valence-electron chi connectivity index (χ3n) is 9.47. The number of rotatable bonds is 7. The third-order valence-corrected chi connectivity index (χ3v) is 10.4. The predicted molar refractivity (Wildman–Crippen MR) is 170 cm³/mol. The van der Waals surface area contributed by atoms with Crippen LogP contribution in [0.2, 0.25) is 0 Å². The summed E-state index contributed by atoms with van der Waals surface area (Å²) in [6.07, 6.45) is 13.2. The van der Waals surface area contributed by atoms with Gasteiger partial charge < -0.3 is 29.4 Å². The third kappa shape index (κ3) is 6.60. The zero-order valence-corrected chi connectivity index (χ0v) is 27.0. The number of methoxy groups -OCH3 is 1. The zero-order valence-electron chi connectivity index (χ0n) is 26.2. The lowest BCUT2D eigenvalue weighted by Crippen LogP contribution is -2.56. The summed E-state index contributed by atoms with van der Waals surface area (Å²) in [6, 6.07) is 0.121. The minimum Gasteiger partial charge on any atom is -0.471 e. The standard InChI is InChI=1S/C33H38N6O7S/c1-44-32(43)33-17-20(33)7-5-3-2-4-6-8-23(35-25(40)15-19-9-10-19)31(42)39-18-21(16-24(39)28(41)38-33)46-29-26-22(11-14-47-26)36-27(37-29)30-34-12-13-45-30/h5,7,11-14,19-21,23-24H,2-4,6,8-10,15-18H2,1H3,(H,35,40)(H,38,41)/b7-5-/t20-,21-,23+,24+,33-/m1/s1. The number of hydrogen-bond acceptors (Lipinski definition) is 11. The van der Waals surface area contributed by atoms with Crippen molar-refractivity contribution in [1.82, 2.24) is 30.5 Å². The monoisotopic (exact) mass is 662 g/mol. The number of esters is 1. The quantitative estimate of drug-likeness (QED) is 0.282. The Kier molecular flexibility index (Phi) is 8.69. The van der Waals surface area contributed by atoms with Gasteiger partial charge in [0.25, 0.3) is 5.89 Å². The van der Waals surface area contributed by atoms with E-state index in [-0.39, 0.29) is 42.4 Å². The average molecular weight is 663 g/mol. The zero-order chi connectivity index (χ0) is 32.5. The minimum atomic E-state index is -1.19. The molecular weight excluding hydrogens is 624 g/mol. The number of oxazole rings is 1. The van der Waals surface area contributed by atoms with Crippen molar-refractivity contribution in [3.8, 4) is 17.6 Å². The Morgan fingerprint density at radius 1 is 1.19 bits per heavy atom. The largest absolute Gasteiger partial charge is 0.471 e. The summed E-state index contributed by atoms with van der Waals surface area (Å²) in [7, 11) is 1.31. The number of carbonyl (C=O) groups is 4. The number of nitrogens with one attached hydrogen (secondary N) is 2. The molecule has 0 bridgehead atoms. The maximum Gasteiger partial charge on any atom is 0.332 e. The Labute approximate surface area is 275 Å². The van der Waals surface area contributed by atoms with Crippen LogP contribution in [-0.2, 0) is 23.9 Å². The second-order valence-corrected chi connectivity index (χ2v) is 13.8. The van der Waals surface area contributed by atoms with Crippen LogP contribution < -0.4 is 15.4 Å². The summed E-state index contributed by atoms with van der Waals surface area (Å²) in [5.41, 5.74) is -0.532. The van der Waals surface area contributed by atoms with Gasteiger partial charge in [0, 0.05) is 18.8 Å². The lowest BCUT2D eigenvalue weighted by molar-refractivity contribution is -0.148. The molecule has 1 saturated heterocycles. The molecule has 2 aliphatic carbocycles. The van der Waals surface area contributed by atoms with Crippen LogP contribution in [0.4, 0.5) is 0 Å². The van der Waals surface area contributed by atoms with Crippen molar-refractivity contribution >= 4 is 45.2 Å². The van der Waals surface area contributed by atoms with Gasteiger partial charge in [-0.2, -0.15) is 4.98 Å². The van der Waals surface area contributed by atoms with Gasteiger partial charge >= 0.3 is 5.97 Å². The van der Waals surface area contributed by atoms with Gasteiger partial charge in [-0.25, -0.2) is 14.8 Å². The van der Waals surface area contributed by atoms with E-state index in [1.54, 1.807) is 0 Å². The fourth-order valence-corrected chi connectivity index (χ4v) is 7.42. The topological polar surface area (TPSA) is 166 Å².